The summed E-state index contributed by atoms with van der Waals surface area (Å²) in [7, 11) is 0. The van der Waals surface area contributed by atoms with E-state index in [1.54, 1.807) is 30.3 Å². The first-order chi connectivity index (χ1) is 11.9. The number of aromatic nitrogens is 2. The SMILES string of the molecule is Cc1cc(Br)cc(C)c1Oc1ccc(=O)n(Nc2ccc(Cl)cc2)n1. The van der Waals surface area contributed by atoms with Crippen LogP contribution in [0.5, 0.6) is 11.6 Å². The van der Waals surface area contributed by atoms with Crippen molar-refractivity contribution in [3.63, 3.8) is 0 Å². The van der Waals surface area contributed by atoms with Crippen molar-refractivity contribution in [2.45, 2.75) is 13.8 Å². The number of anilines is 1. The molecule has 0 amide bonds. The van der Waals surface area contributed by atoms with Gasteiger partial charge in [0.15, 0.2) is 0 Å². The zero-order valence-electron chi connectivity index (χ0n) is 13.6. The second-order valence-electron chi connectivity index (χ2n) is 5.51. The Bertz CT molecular complexity index is 948. The molecule has 7 heteroatoms. The Kier molecular flexibility index (Phi) is 5.11. The number of aryl methyl sites for hydroxylation is 2. The molecule has 0 bridgehead atoms. The van der Waals surface area contributed by atoms with Crippen LogP contribution >= 0.6 is 27.5 Å². The predicted octanol–water partition coefficient (Wildman–Crippen LogP) is 4.94. The molecule has 3 rings (SSSR count). The number of ether oxygens (including phenoxy) is 1. The van der Waals surface area contributed by atoms with E-state index in [2.05, 4.69) is 26.5 Å². The van der Waals surface area contributed by atoms with Crippen LogP contribution in [0.25, 0.3) is 0 Å². The van der Waals surface area contributed by atoms with Gasteiger partial charge in [-0.3, -0.25) is 10.2 Å². The molecule has 0 aliphatic rings. The largest absolute Gasteiger partial charge is 0.437 e. The lowest BCUT2D eigenvalue weighted by atomic mass is 10.1. The van der Waals surface area contributed by atoms with E-state index >= 15 is 0 Å². The summed E-state index contributed by atoms with van der Waals surface area (Å²) in [4.78, 5) is 13.2. The topological polar surface area (TPSA) is 56.1 Å². The van der Waals surface area contributed by atoms with Crippen molar-refractivity contribution in [3.8, 4) is 11.6 Å². The summed E-state index contributed by atoms with van der Waals surface area (Å²) in [5, 5.41) is 4.83. The summed E-state index contributed by atoms with van der Waals surface area (Å²) in [6.07, 6.45) is 0. The molecule has 1 N–H and O–H groups in total. The fourth-order valence-corrected chi connectivity index (χ4v) is 3.15. The number of nitrogens with one attached hydrogen (secondary N) is 1. The summed E-state index contributed by atoms with van der Waals surface area (Å²) in [5.41, 5.74) is 5.24. The molecule has 25 heavy (non-hydrogen) atoms. The van der Waals surface area contributed by atoms with Gasteiger partial charge in [-0.05, 0) is 61.4 Å². The molecule has 0 radical (unpaired) electrons. The van der Waals surface area contributed by atoms with Crippen LogP contribution in [0.3, 0.4) is 0 Å². The van der Waals surface area contributed by atoms with Crippen LogP contribution in [0.1, 0.15) is 11.1 Å². The molecule has 0 unspecified atom stereocenters. The predicted molar refractivity (Wildman–Crippen MR) is 103 cm³/mol. The molecule has 128 valence electrons. The maximum atomic E-state index is 12.0. The van der Waals surface area contributed by atoms with E-state index in [4.69, 9.17) is 16.3 Å². The Hall–Kier alpha value is -2.31. The number of benzene rings is 2. The zero-order chi connectivity index (χ0) is 18.0. The van der Waals surface area contributed by atoms with Gasteiger partial charge >= 0.3 is 0 Å². The highest BCUT2D eigenvalue weighted by Gasteiger charge is 2.09. The van der Waals surface area contributed by atoms with Gasteiger partial charge < -0.3 is 4.74 Å². The highest BCUT2D eigenvalue weighted by molar-refractivity contribution is 9.10. The van der Waals surface area contributed by atoms with E-state index in [1.165, 1.54) is 6.07 Å². The first-order valence-electron chi connectivity index (χ1n) is 7.50. The first kappa shape index (κ1) is 17.5. The average Bonchev–Trinajstić information content (AvgIpc) is 2.56. The maximum absolute atomic E-state index is 12.0. The minimum absolute atomic E-state index is 0.299. The summed E-state index contributed by atoms with van der Waals surface area (Å²) < 4.78 is 6.88. The van der Waals surface area contributed by atoms with Crippen LogP contribution in [-0.2, 0) is 0 Å². The molecule has 5 nitrogen and oxygen atoms in total. The van der Waals surface area contributed by atoms with E-state index in [1.807, 2.05) is 26.0 Å². The highest BCUT2D eigenvalue weighted by atomic mass is 79.9. The second-order valence-corrected chi connectivity index (χ2v) is 6.86. The van der Waals surface area contributed by atoms with Crippen molar-refractivity contribution in [3.05, 3.63) is 79.5 Å². The summed E-state index contributed by atoms with van der Waals surface area (Å²) in [6.45, 7) is 3.91. The normalized spacial score (nSPS) is 10.6. The smallest absolute Gasteiger partial charge is 0.286 e. The van der Waals surface area contributed by atoms with Gasteiger partial charge in [-0.25, -0.2) is 0 Å². The second kappa shape index (κ2) is 7.29. The number of hydrogen-bond acceptors (Lipinski definition) is 4. The zero-order valence-corrected chi connectivity index (χ0v) is 15.9. The Morgan fingerprint density at radius 2 is 1.72 bits per heavy atom. The lowest BCUT2D eigenvalue weighted by Gasteiger charge is -2.13. The Labute approximate surface area is 158 Å². The quantitative estimate of drug-likeness (QED) is 0.649. The lowest BCUT2D eigenvalue weighted by molar-refractivity contribution is 0.437. The molecule has 0 fully saturated rings. The van der Waals surface area contributed by atoms with Crippen LogP contribution in [0.2, 0.25) is 5.02 Å². The van der Waals surface area contributed by atoms with E-state index in [9.17, 15) is 4.79 Å². The van der Waals surface area contributed by atoms with Crippen molar-refractivity contribution in [1.82, 2.24) is 9.89 Å². The lowest BCUT2D eigenvalue weighted by Crippen LogP contribution is -2.28. The van der Waals surface area contributed by atoms with Crippen molar-refractivity contribution in [2.24, 2.45) is 0 Å². The van der Waals surface area contributed by atoms with Gasteiger partial charge in [-0.15, -0.1) is 9.89 Å². The van der Waals surface area contributed by atoms with Crippen molar-refractivity contribution < 1.29 is 4.74 Å². The van der Waals surface area contributed by atoms with E-state index < -0.39 is 0 Å². The third-order valence-corrected chi connectivity index (χ3v) is 4.20. The maximum Gasteiger partial charge on any atom is 0.286 e. The molecule has 0 aliphatic carbocycles. The fourth-order valence-electron chi connectivity index (χ4n) is 2.34. The van der Waals surface area contributed by atoms with E-state index in [0.717, 1.165) is 20.4 Å². The van der Waals surface area contributed by atoms with Crippen LogP contribution in [0.15, 0.2) is 57.8 Å². The molecule has 1 heterocycles. The molecule has 0 spiro atoms. The number of rotatable bonds is 4. The number of nitrogens with zero attached hydrogens (tertiary/aromatic N) is 2. The Morgan fingerprint density at radius 3 is 2.36 bits per heavy atom. The molecule has 0 aliphatic heterocycles. The Balaban J connectivity index is 1.89. The van der Waals surface area contributed by atoms with Gasteiger partial charge in [0, 0.05) is 21.6 Å². The van der Waals surface area contributed by atoms with Gasteiger partial charge in [0.1, 0.15) is 5.75 Å². The molecular formula is C18H15BrClN3O2. The van der Waals surface area contributed by atoms with Crippen molar-refractivity contribution in [2.75, 3.05) is 5.43 Å². The summed E-state index contributed by atoms with van der Waals surface area (Å²) >= 11 is 9.33. The molecule has 0 atom stereocenters. The highest BCUT2D eigenvalue weighted by Crippen LogP contribution is 2.30. The van der Waals surface area contributed by atoms with E-state index in [-0.39, 0.29) is 5.56 Å². The van der Waals surface area contributed by atoms with Gasteiger partial charge in [-0.1, -0.05) is 27.5 Å². The summed E-state index contributed by atoms with van der Waals surface area (Å²) in [6, 6.07) is 13.8. The molecule has 0 saturated carbocycles. The molecule has 3 aromatic rings. The van der Waals surface area contributed by atoms with E-state index in [0.29, 0.717) is 22.3 Å². The Morgan fingerprint density at radius 1 is 1.08 bits per heavy atom. The van der Waals surface area contributed by atoms with Crippen molar-refractivity contribution >= 4 is 33.2 Å². The van der Waals surface area contributed by atoms with Gasteiger partial charge in [0.2, 0.25) is 5.88 Å². The third kappa shape index (κ3) is 4.21. The first-order valence-corrected chi connectivity index (χ1v) is 8.67. The van der Waals surface area contributed by atoms with Gasteiger partial charge in [-0.2, -0.15) is 0 Å². The monoisotopic (exact) mass is 419 g/mol. The van der Waals surface area contributed by atoms with Crippen LogP contribution in [0.4, 0.5) is 5.69 Å². The fraction of sp³-hybridized carbons (Fsp3) is 0.111. The molecule has 0 saturated heterocycles. The van der Waals surface area contributed by atoms with Gasteiger partial charge in [0.25, 0.3) is 5.56 Å². The molecular weight excluding hydrogens is 406 g/mol. The average molecular weight is 421 g/mol. The van der Waals surface area contributed by atoms with Gasteiger partial charge in [0.05, 0.1) is 5.69 Å². The minimum Gasteiger partial charge on any atom is -0.437 e. The summed E-state index contributed by atoms with van der Waals surface area (Å²) in [5.74, 6) is 1.03. The van der Waals surface area contributed by atoms with Crippen molar-refractivity contribution in [1.29, 1.82) is 0 Å². The van der Waals surface area contributed by atoms with Crippen LogP contribution in [0, 0.1) is 13.8 Å². The molecule has 2 aromatic carbocycles. The standard InChI is InChI=1S/C18H15BrClN3O2/c1-11-9-13(19)10-12(2)18(11)25-16-7-8-17(24)23(22-16)21-15-5-3-14(20)4-6-15/h3-10,21H,1-2H3. The van der Waals surface area contributed by atoms with Crippen LogP contribution < -0.4 is 15.7 Å². The molecule has 1 aromatic heterocycles. The minimum atomic E-state index is -0.299. The number of hydrogen-bond donors (Lipinski definition) is 1. The van der Waals surface area contributed by atoms with Crippen LogP contribution in [-0.4, -0.2) is 9.89 Å². The third-order valence-electron chi connectivity index (χ3n) is 3.49. The number of halogens is 2.